The molecule has 1 aromatic carbocycles. The van der Waals surface area contributed by atoms with Crippen molar-refractivity contribution in [3.63, 3.8) is 0 Å². The molecule has 2 amide bonds. The molecule has 2 aromatic rings. The quantitative estimate of drug-likeness (QED) is 0.573. The second-order valence-corrected chi connectivity index (χ2v) is 4.05. The molecule has 3 rings (SSSR count). The molecule has 4 heteroatoms. The molecular formula is C13H10N2O2. The summed E-state index contributed by atoms with van der Waals surface area (Å²) >= 11 is 0. The van der Waals surface area contributed by atoms with Gasteiger partial charge in [-0.25, -0.2) is 0 Å². The maximum atomic E-state index is 11.4. The van der Waals surface area contributed by atoms with E-state index >= 15 is 0 Å². The lowest BCUT2D eigenvalue weighted by Gasteiger charge is -1.96. The van der Waals surface area contributed by atoms with Gasteiger partial charge in [0.15, 0.2) is 0 Å². The van der Waals surface area contributed by atoms with Gasteiger partial charge in [0, 0.05) is 17.3 Å². The number of aromatic nitrogens is 1. The van der Waals surface area contributed by atoms with Gasteiger partial charge < -0.3 is 4.98 Å². The molecule has 0 atom stereocenters. The molecule has 2 heterocycles. The zero-order chi connectivity index (χ0) is 11.8. The van der Waals surface area contributed by atoms with Gasteiger partial charge in [-0.3, -0.25) is 14.9 Å². The normalized spacial score (nSPS) is 18.0. The van der Waals surface area contributed by atoms with E-state index in [0.29, 0.717) is 5.57 Å². The van der Waals surface area contributed by atoms with E-state index in [1.165, 1.54) is 0 Å². The maximum absolute atomic E-state index is 11.4. The van der Waals surface area contributed by atoms with E-state index in [-0.39, 0.29) is 18.2 Å². The summed E-state index contributed by atoms with van der Waals surface area (Å²) in [7, 11) is 0. The fraction of sp³-hybridized carbons (Fsp3) is 0.0769. The average Bonchev–Trinajstić information content (AvgIpc) is 2.85. The van der Waals surface area contributed by atoms with Gasteiger partial charge in [0.2, 0.25) is 5.91 Å². The molecule has 1 saturated heterocycles. The number of nitrogens with one attached hydrogen (secondary N) is 2. The molecular weight excluding hydrogens is 216 g/mol. The Labute approximate surface area is 97.3 Å². The van der Waals surface area contributed by atoms with Crippen molar-refractivity contribution in [3.8, 4) is 0 Å². The highest BCUT2D eigenvalue weighted by Crippen LogP contribution is 2.19. The molecule has 1 aliphatic heterocycles. The van der Waals surface area contributed by atoms with Gasteiger partial charge in [0.1, 0.15) is 0 Å². The Morgan fingerprint density at radius 1 is 1.18 bits per heavy atom. The van der Waals surface area contributed by atoms with Crippen molar-refractivity contribution >= 4 is 28.8 Å². The zero-order valence-electron chi connectivity index (χ0n) is 8.99. The molecule has 17 heavy (non-hydrogen) atoms. The zero-order valence-corrected chi connectivity index (χ0v) is 8.99. The van der Waals surface area contributed by atoms with Crippen LogP contribution in [0.25, 0.3) is 17.0 Å². The number of carbonyl (C=O) groups is 2. The van der Waals surface area contributed by atoms with Crippen LogP contribution in [0.4, 0.5) is 0 Å². The van der Waals surface area contributed by atoms with Gasteiger partial charge in [0.05, 0.1) is 6.42 Å². The topological polar surface area (TPSA) is 62.0 Å². The van der Waals surface area contributed by atoms with Crippen LogP contribution in [0.2, 0.25) is 0 Å². The molecule has 0 spiro atoms. The van der Waals surface area contributed by atoms with Crippen molar-refractivity contribution in [2.45, 2.75) is 6.42 Å². The van der Waals surface area contributed by atoms with Crippen LogP contribution in [0, 0.1) is 0 Å². The summed E-state index contributed by atoms with van der Waals surface area (Å²) in [6.45, 7) is 0. The molecule has 0 aliphatic carbocycles. The predicted octanol–water partition coefficient (Wildman–Crippen LogP) is 1.60. The van der Waals surface area contributed by atoms with Crippen LogP contribution in [-0.2, 0) is 9.59 Å². The van der Waals surface area contributed by atoms with Crippen LogP contribution in [0.5, 0.6) is 0 Å². The van der Waals surface area contributed by atoms with Crippen molar-refractivity contribution in [3.05, 3.63) is 41.6 Å². The minimum Gasteiger partial charge on any atom is -0.361 e. The van der Waals surface area contributed by atoms with Gasteiger partial charge in [-0.1, -0.05) is 6.07 Å². The van der Waals surface area contributed by atoms with Gasteiger partial charge in [-0.2, -0.15) is 0 Å². The van der Waals surface area contributed by atoms with E-state index in [1.54, 1.807) is 6.08 Å². The first-order valence-corrected chi connectivity index (χ1v) is 5.34. The summed E-state index contributed by atoms with van der Waals surface area (Å²) in [6.07, 6.45) is 3.80. The highest BCUT2D eigenvalue weighted by molar-refractivity contribution is 6.15. The summed E-state index contributed by atoms with van der Waals surface area (Å²) in [6, 6.07) is 7.82. The van der Waals surface area contributed by atoms with E-state index in [1.807, 2.05) is 30.5 Å². The average molecular weight is 226 g/mol. The first-order valence-electron chi connectivity index (χ1n) is 5.34. The minimum atomic E-state index is -0.288. The lowest BCUT2D eigenvalue weighted by Crippen LogP contribution is -2.19. The Morgan fingerprint density at radius 2 is 2.06 bits per heavy atom. The van der Waals surface area contributed by atoms with Crippen molar-refractivity contribution < 1.29 is 9.59 Å². The molecule has 2 N–H and O–H groups in total. The lowest BCUT2D eigenvalue weighted by atomic mass is 10.1. The smallest absolute Gasteiger partial charge is 0.254 e. The molecule has 0 radical (unpaired) electrons. The standard InChI is InChI=1S/C13H10N2O2/c16-12-7-10(13(17)15-12)6-8-1-2-11-9(5-8)3-4-14-11/h1-6,14H,7H2,(H,15,16,17)/b10-6+. The summed E-state index contributed by atoms with van der Waals surface area (Å²) in [4.78, 5) is 25.5. The van der Waals surface area contributed by atoms with Crippen molar-refractivity contribution in [2.24, 2.45) is 0 Å². The number of benzene rings is 1. The molecule has 1 aliphatic rings. The molecule has 0 unspecified atom stereocenters. The van der Waals surface area contributed by atoms with Gasteiger partial charge in [-0.05, 0) is 35.2 Å². The molecule has 1 aromatic heterocycles. The van der Waals surface area contributed by atoms with Crippen molar-refractivity contribution in [1.82, 2.24) is 10.3 Å². The largest absolute Gasteiger partial charge is 0.361 e. The Kier molecular flexibility index (Phi) is 2.08. The first kappa shape index (κ1) is 9.84. The summed E-state index contributed by atoms with van der Waals surface area (Å²) in [5.74, 6) is -0.520. The van der Waals surface area contributed by atoms with Crippen LogP contribution in [0.15, 0.2) is 36.0 Å². The van der Waals surface area contributed by atoms with Gasteiger partial charge >= 0.3 is 0 Å². The molecule has 0 saturated carbocycles. The number of aromatic amines is 1. The summed E-state index contributed by atoms with van der Waals surface area (Å²) < 4.78 is 0. The Bertz CT molecular complexity index is 652. The third-order valence-electron chi connectivity index (χ3n) is 2.81. The second kappa shape index (κ2) is 3.59. The highest BCUT2D eigenvalue weighted by atomic mass is 16.2. The fourth-order valence-electron chi connectivity index (χ4n) is 1.98. The fourth-order valence-corrected chi connectivity index (χ4v) is 1.98. The Balaban J connectivity index is 2.01. The molecule has 84 valence electrons. The van der Waals surface area contributed by atoms with Crippen molar-refractivity contribution in [1.29, 1.82) is 0 Å². The second-order valence-electron chi connectivity index (χ2n) is 4.05. The SMILES string of the molecule is O=C1C/C(=C\c2ccc3[nH]ccc3c2)C(=O)N1. The Hall–Kier alpha value is -2.36. The number of imide groups is 1. The first-order chi connectivity index (χ1) is 8.22. The lowest BCUT2D eigenvalue weighted by molar-refractivity contribution is -0.124. The Morgan fingerprint density at radius 3 is 2.82 bits per heavy atom. The van der Waals surface area contributed by atoms with Crippen LogP contribution < -0.4 is 5.32 Å². The number of H-pyrrole nitrogens is 1. The third kappa shape index (κ3) is 1.73. The molecule has 0 bridgehead atoms. The number of amides is 2. The molecule has 4 nitrogen and oxygen atoms in total. The summed E-state index contributed by atoms with van der Waals surface area (Å²) in [5, 5.41) is 3.35. The number of fused-ring (bicyclic) bond motifs is 1. The number of hydrogen-bond donors (Lipinski definition) is 2. The van der Waals surface area contributed by atoms with E-state index in [9.17, 15) is 9.59 Å². The van der Waals surface area contributed by atoms with Crippen LogP contribution in [-0.4, -0.2) is 16.8 Å². The maximum Gasteiger partial charge on any atom is 0.254 e. The predicted molar refractivity (Wildman–Crippen MR) is 64.0 cm³/mol. The highest BCUT2D eigenvalue weighted by Gasteiger charge is 2.23. The molecule has 1 fully saturated rings. The van der Waals surface area contributed by atoms with E-state index in [2.05, 4.69) is 10.3 Å². The monoisotopic (exact) mass is 226 g/mol. The van der Waals surface area contributed by atoms with Crippen LogP contribution in [0.3, 0.4) is 0 Å². The minimum absolute atomic E-state index is 0.171. The van der Waals surface area contributed by atoms with E-state index in [4.69, 9.17) is 0 Å². The van der Waals surface area contributed by atoms with Gasteiger partial charge in [-0.15, -0.1) is 0 Å². The van der Waals surface area contributed by atoms with E-state index < -0.39 is 0 Å². The summed E-state index contributed by atoms with van der Waals surface area (Å²) in [5.41, 5.74) is 2.50. The van der Waals surface area contributed by atoms with Gasteiger partial charge in [0.25, 0.3) is 5.91 Å². The number of hydrogen-bond acceptors (Lipinski definition) is 2. The number of rotatable bonds is 1. The van der Waals surface area contributed by atoms with Crippen molar-refractivity contribution in [2.75, 3.05) is 0 Å². The number of carbonyl (C=O) groups excluding carboxylic acids is 2. The van der Waals surface area contributed by atoms with Crippen LogP contribution in [0.1, 0.15) is 12.0 Å². The van der Waals surface area contributed by atoms with E-state index in [0.717, 1.165) is 16.5 Å². The third-order valence-corrected chi connectivity index (χ3v) is 2.81. The van der Waals surface area contributed by atoms with Crippen LogP contribution >= 0.6 is 0 Å².